The second-order valence-electron chi connectivity index (χ2n) is 3.34. The predicted octanol–water partition coefficient (Wildman–Crippen LogP) is 0.250. The van der Waals surface area contributed by atoms with Crippen molar-refractivity contribution < 1.29 is 14.4 Å². The Morgan fingerprint density at radius 3 is 2.35 bits per heavy atom. The average Bonchev–Trinajstić information content (AvgIpc) is 2.22. The van der Waals surface area contributed by atoms with E-state index in [1.807, 2.05) is 6.26 Å². The molecule has 0 heterocycles. The smallest absolute Gasteiger partial charge is 0.243 e. The summed E-state index contributed by atoms with van der Waals surface area (Å²) < 4.78 is 0. The Kier molecular flexibility index (Phi) is 8.97. The van der Waals surface area contributed by atoms with Crippen molar-refractivity contribution in [2.45, 2.75) is 19.9 Å². The number of hydrogen-bond acceptors (Lipinski definition) is 5. The lowest BCUT2D eigenvalue weighted by Gasteiger charge is -2.16. The Morgan fingerprint density at radius 2 is 1.88 bits per heavy atom. The molecular weight excluding hydrogens is 260 g/mol. The molecule has 0 spiro atoms. The molecule has 0 aromatic heterocycles. The maximum absolute atomic E-state index is 11.7. The number of rotatable bonds is 7. The molecule has 2 N–H and O–H groups in total. The Labute approximate surface area is 110 Å². The maximum atomic E-state index is 11.7. The van der Waals surface area contributed by atoms with Crippen molar-refractivity contribution in [3.8, 4) is 0 Å². The van der Waals surface area contributed by atoms with Gasteiger partial charge in [-0.25, -0.2) is 0 Å². The molecule has 0 aliphatic rings. The lowest BCUT2D eigenvalue weighted by molar-refractivity contribution is -0.127. The summed E-state index contributed by atoms with van der Waals surface area (Å²) in [4.78, 5) is 33.2. The molecule has 0 aromatic rings. The van der Waals surface area contributed by atoms with Crippen LogP contribution >= 0.6 is 23.5 Å². The Morgan fingerprint density at radius 1 is 1.24 bits per heavy atom. The third kappa shape index (κ3) is 9.05. The van der Waals surface area contributed by atoms with Crippen molar-refractivity contribution in [2.75, 3.05) is 24.3 Å². The van der Waals surface area contributed by atoms with Crippen molar-refractivity contribution in [3.05, 3.63) is 0 Å². The monoisotopic (exact) mass is 278 g/mol. The van der Waals surface area contributed by atoms with E-state index in [-0.39, 0.29) is 16.9 Å². The van der Waals surface area contributed by atoms with Gasteiger partial charge in [0.15, 0.2) is 5.12 Å². The number of carbonyl (C=O) groups excluding carboxylic acids is 3. The van der Waals surface area contributed by atoms with E-state index < -0.39 is 6.04 Å². The summed E-state index contributed by atoms with van der Waals surface area (Å²) in [5, 5.41) is 5.30. The predicted molar refractivity (Wildman–Crippen MR) is 72.1 cm³/mol. The quantitative estimate of drug-likeness (QED) is 0.653. The standard InChI is InChI=1S/C10H18N2O3S2/c1-7(13)12-9(6-16-3)10(15)11-4-5-17-8(2)14/h9H,4-6H2,1-3H3,(H,11,15)(H,12,13)/t9-/m0/s1. The molecule has 2 amide bonds. The molecule has 0 rings (SSSR count). The first-order valence-electron chi connectivity index (χ1n) is 5.14. The van der Waals surface area contributed by atoms with Crippen LogP contribution in [0.5, 0.6) is 0 Å². The third-order valence-corrected chi connectivity index (χ3v) is 3.22. The summed E-state index contributed by atoms with van der Waals surface area (Å²) >= 11 is 2.66. The molecule has 0 aliphatic heterocycles. The van der Waals surface area contributed by atoms with Crippen LogP contribution in [0.4, 0.5) is 0 Å². The van der Waals surface area contributed by atoms with Gasteiger partial charge in [0.25, 0.3) is 0 Å². The van der Waals surface area contributed by atoms with Crippen LogP contribution in [0.3, 0.4) is 0 Å². The van der Waals surface area contributed by atoms with Crippen LogP contribution in [0, 0.1) is 0 Å². The maximum Gasteiger partial charge on any atom is 0.243 e. The average molecular weight is 278 g/mol. The van der Waals surface area contributed by atoms with Gasteiger partial charge in [0.05, 0.1) is 0 Å². The molecule has 98 valence electrons. The number of carbonyl (C=O) groups is 3. The summed E-state index contributed by atoms with van der Waals surface area (Å²) in [5.41, 5.74) is 0. The topological polar surface area (TPSA) is 75.3 Å². The zero-order valence-electron chi connectivity index (χ0n) is 10.2. The Hall–Kier alpha value is -0.690. The van der Waals surface area contributed by atoms with E-state index in [1.54, 1.807) is 0 Å². The largest absolute Gasteiger partial charge is 0.353 e. The van der Waals surface area contributed by atoms with Crippen LogP contribution in [0.2, 0.25) is 0 Å². The van der Waals surface area contributed by atoms with Crippen molar-refractivity contribution in [2.24, 2.45) is 0 Å². The van der Waals surface area contributed by atoms with Crippen LogP contribution in [-0.4, -0.2) is 47.3 Å². The molecule has 0 aliphatic carbocycles. The van der Waals surface area contributed by atoms with Crippen molar-refractivity contribution in [1.29, 1.82) is 0 Å². The van der Waals surface area contributed by atoms with Gasteiger partial charge in [-0.15, -0.1) is 0 Å². The summed E-state index contributed by atoms with van der Waals surface area (Å²) in [6.45, 7) is 3.29. The molecule has 17 heavy (non-hydrogen) atoms. The summed E-state index contributed by atoms with van der Waals surface area (Å²) in [6, 6.07) is -0.509. The van der Waals surface area contributed by atoms with Gasteiger partial charge in [-0.1, -0.05) is 11.8 Å². The van der Waals surface area contributed by atoms with E-state index >= 15 is 0 Å². The van der Waals surface area contributed by atoms with Gasteiger partial charge < -0.3 is 10.6 Å². The minimum absolute atomic E-state index is 0.0294. The molecule has 7 heteroatoms. The van der Waals surface area contributed by atoms with Gasteiger partial charge in [0.2, 0.25) is 11.8 Å². The number of nitrogens with one attached hydrogen (secondary N) is 2. The van der Waals surface area contributed by atoms with Crippen LogP contribution < -0.4 is 10.6 Å². The van der Waals surface area contributed by atoms with Gasteiger partial charge >= 0.3 is 0 Å². The fourth-order valence-corrected chi connectivity index (χ4v) is 2.15. The number of thioether (sulfide) groups is 2. The highest BCUT2D eigenvalue weighted by molar-refractivity contribution is 8.13. The van der Waals surface area contributed by atoms with Crippen molar-refractivity contribution in [1.82, 2.24) is 10.6 Å². The van der Waals surface area contributed by atoms with Crippen LogP contribution in [0.25, 0.3) is 0 Å². The van der Waals surface area contributed by atoms with Crippen LogP contribution in [0.1, 0.15) is 13.8 Å². The molecule has 0 unspecified atom stereocenters. The first-order valence-corrected chi connectivity index (χ1v) is 7.52. The normalized spacial score (nSPS) is 11.7. The summed E-state index contributed by atoms with van der Waals surface area (Å²) in [7, 11) is 0. The van der Waals surface area contributed by atoms with E-state index in [1.165, 1.54) is 37.4 Å². The highest BCUT2D eigenvalue weighted by Gasteiger charge is 2.17. The van der Waals surface area contributed by atoms with Crippen molar-refractivity contribution in [3.63, 3.8) is 0 Å². The lowest BCUT2D eigenvalue weighted by Crippen LogP contribution is -2.48. The molecule has 0 aromatic carbocycles. The fourth-order valence-electron chi connectivity index (χ4n) is 1.09. The third-order valence-electron chi connectivity index (χ3n) is 1.73. The second kappa shape index (κ2) is 9.35. The lowest BCUT2D eigenvalue weighted by atomic mass is 10.3. The number of hydrogen-bond donors (Lipinski definition) is 2. The first-order chi connectivity index (χ1) is 7.97. The molecule has 0 saturated heterocycles. The van der Waals surface area contributed by atoms with Gasteiger partial charge in [-0.2, -0.15) is 11.8 Å². The first kappa shape index (κ1) is 16.3. The van der Waals surface area contributed by atoms with E-state index in [4.69, 9.17) is 0 Å². The second-order valence-corrected chi connectivity index (χ2v) is 5.52. The molecule has 5 nitrogen and oxygen atoms in total. The highest BCUT2D eigenvalue weighted by atomic mass is 32.2. The highest BCUT2D eigenvalue weighted by Crippen LogP contribution is 2.00. The zero-order valence-corrected chi connectivity index (χ0v) is 11.9. The van der Waals surface area contributed by atoms with Gasteiger partial charge in [-0.3, -0.25) is 14.4 Å². The number of amides is 2. The molecule has 0 fully saturated rings. The summed E-state index contributed by atoms with van der Waals surface area (Å²) in [6.07, 6.45) is 1.87. The van der Waals surface area contributed by atoms with Gasteiger partial charge in [-0.05, 0) is 6.26 Å². The van der Waals surface area contributed by atoms with E-state index in [2.05, 4.69) is 10.6 Å². The Bertz CT molecular complexity index is 285. The summed E-state index contributed by atoms with van der Waals surface area (Å²) in [5.74, 6) is 0.647. The minimum atomic E-state index is -0.509. The molecule has 0 saturated carbocycles. The molecule has 0 bridgehead atoms. The minimum Gasteiger partial charge on any atom is -0.353 e. The van der Waals surface area contributed by atoms with E-state index in [9.17, 15) is 14.4 Å². The fraction of sp³-hybridized carbons (Fsp3) is 0.700. The molecule has 0 radical (unpaired) electrons. The van der Waals surface area contributed by atoms with E-state index in [0.29, 0.717) is 18.1 Å². The SMILES string of the molecule is CSC[C@H](NC(C)=O)C(=O)NCCSC(C)=O. The molecule has 1 atom stereocenters. The molecular formula is C10H18N2O3S2. The van der Waals surface area contributed by atoms with Crippen molar-refractivity contribution >= 4 is 40.5 Å². The van der Waals surface area contributed by atoms with Gasteiger partial charge in [0, 0.05) is 31.9 Å². The van der Waals surface area contributed by atoms with Crippen LogP contribution in [-0.2, 0) is 14.4 Å². The Balaban J connectivity index is 3.96. The van der Waals surface area contributed by atoms with E-state index in [0.717, 1.165) is 0 Å². The zero-order chi connectivity index (χ0) is 13.3. The van der Waals surface area contributed by atoms with Crippen LogP contribution in [0.15, 0.2) is 0 Å². The van der Waals surface area contributed by atoms with Gasteiger partial charge in [0.1, 0.15) is 6.04 Å².